The van der Waals surface area contributed by atoms with E-state index in [9.17, 15) is 9.59 Å². The van der Waals surface area contributed by atoms with E-state index in [2.05, 4.69) is 36.3 Å². The highest BCUT2D eigenvalue weighted by atomic mass is 32.1. The minimum atomic E-state index is -0.00641. The summed E-state index contributed by atoms with van der Waals surface area (Å²) in [5.74, 6) is 1.77. The van der Waals surface area contributed by atoms with Gasteiger partial charge in [-0.2, -0.15) is 0 Å². The molecule has 3 heterocycles. The van der Waals surface area contributed by atoms with E-state index in [1.807, 2.05) is 22.8 Å². The average Bonchev–Trinajstić information content (AvgIpc) is 3.25. The summed E-state index contributed by atoms with van der Waals surface area (Å²) < 4.78 is 4.41. The summed E-state index contributed by atoms with van der Waals surface area (Å²) in [6.07, 6.45) is 2.71. The highest BCUT2D eigenvalue weighted by Gasteiger charge is 2.18. The van der Waals surface area contributed by atoms with Gasteiger partial charge in [0.05, 0.1) is 5.52 Å². The number of hydrogen-bond donors (Lipinski definition) is 1. The Bertz CT molecular complexity index is 1000. The van der Waals surface area contributed by atoms with Gasteiger partial charge in [0.25, 0.3) is 5.56 Å². The van der Waals surface area contributed by atoms with Crippen LogP contribution in [0, 0.1) is 5.92 Å². The Balaban J connectivity index is 1.88. The summed E-state index contributed by atoms with van der Waals surface area (Å²) in [5.41, 5.74) is 0.845. The van der Waals surface area contributed by atoms with Gasteiger partial charge in [-0.1, -0.05) is 20.8 Å². The lowest BCUT2D eigenvalue weighted by Gasteiger charge is -2.12. The fraction of sp³-hybridized carbons (Fsp3) is 0.579. The van der Waals surface area contributed by atoms with Gasteiger partial charge < -0.3 is 5.32 Å². The Kier molecular flexibility index (Phi) is 5.94. The number of amides is 1. The SMILES string of the molecule is CC[C@H](C)NC(=O)CCCc1nnc2n(CC(C)C)c(=O)c3sccc3n12. The number of nitrogens with one attached hydrogen (secondary N) is 1. The number of fused-ring (bicyclic) bond motifs is 3. The summed E-state index contributed by atoms with van der Waals surface area (Å²) in [6, 6.07) is 2.14. The van der Waals surface area contributed by atoms with Crippen molar-refractivity contribution in [2.24, 2.45) is 5.92 Å². The molecule has 8 heteroatoms. The van der Waals surface area contributed by atoms with Crippen LogP contribution in [0.1, 0.15) is 52.8 Å². The Morgan fingerprint density at radius 3 is 2.78 bits per heavy atom. The van der Waals surface area contributed by atoms with Crippen molar-refractivity contribution in [1.82, 2.24) is 24.5 Å². The molecular weight excluding hydrogens is 362 g/mol. The lowest BCUT2D eigenvalue weighted by molar-refractivity contribution is -0.121. The number of nitrogens with zero attached hydrogens (tertiary/aromatic N) is 4. The molecule has 0 aliphatic rings. The predicted octanol–water partition coefficient (Wildman–Crippen LogP) is 3.00. The first-order valence-corrected chi connectivity index (χ1v) is 10.4. The molecule has 0 saturated carbocycles. The van der Waals surface area contributed by atoms with Crippen LogP contribution in [0.5, 0.6) is 0 Å². The smallest absolute Gasteiger partial charge is 0.272 e. The molecule has 0 saturated heterocycles. The van der Waals surface area contributed by atoms with Crippen LogP contribution in [0.25, 0.3) is 16.0 Å². The van der Waals surface area contributed by atoms with Crippen molar-refractivity contribution in [3.8, 4) is 0 Å². The van der Waals surface area contributed by atoms with E-state index in [4.69, 9.17) is 0 Å². The molecule has 7 nitrogen and oxygen atoms in total. The van der Waals surface area contributed by atoms with E-state index < -0.39 is 0 Å². The summed E-state index contributed by atoms with van der Waals surface area (Å²) >= 11 is 1.45. The maximum absolute atomic E-state index is 12.8. The van der Waals surface area contributed by atoms with Crippen molar-refractivity contribution < 1.29 is 4.79 Å². The number of hydrogen-bond acceptors (Lipinski definition) is 5. The van der Waals surface area contributed by atoms with Crippen LogP contribution in [0.2, 0.25) is 0 Å². The fourth-order valence-electron chi connectivity index (χ4n) is 3.13. The van der Waals surface area contributed by atoms with Crippen LogP contribution in [0.3, 0.4) is 0 Å². The Labute approximate surface area is 162 Å². The van der Waals surface area contributed by atoms with Crippen LogP contribution < -0.4 is 10.9 Å². The predicted molar refractivity (Wildman–Crippen MR) is 108 cm³/mol. The molecule has 1 amide bonds. The molecule has 146 valence electrons. The van der Waals surface area contributed by atoms with Crippen LogP contribution in [-0.4, -0.2) is 31.1 Å². The molecule has 3 aromatic rings. The van der Waals surface area contributed by atoms with Crippen molar-refractivity contribution in [2.75, 3.05) is 0 Å². The zero-order valence-electron chi connectivity index (χ0n) is 16.4. The van der Waals surface area contributed by atoms with Gasteiger partial charge >= 0.3 is 0 Å². The average molecular weight is 390 g/mol. The minimum absolute atomic E-state index is 0.00641. The monoisotopic (exact) mass is 389 g/mol. The second kappa shape index (κ2) is 8.21. The molecule has 1 atom stereocenters. The van der Waals surface area contributed by atoms with Crippen LogP contribution in [0.4, 0.5) is 0 Å². The molecule has 0 bridgehead atoms. The van der Waals surface area contributed by atoms with Gasteiger partial charge in [0, 0.05) is 25.4 Å². The van der Waals surface area contributed by atoms with Gasteiger partial charge in [0.2, 0.25) is 11.7 Å². The first-order chi connectivity index (χ1) is 12.9. The van der Waals surface area contributed by atoms with Gasteiger partial charge in [0.1, 0.15) is 10.5 Å². The van der Waals surface area contributed by atoms with E-state index in [1.54, 1.807) is 4.57 Å². The van der Waals surface area contributed by atoms with Crippen LogP contribution in [0.15, 0.2) is 16.2 Å². The quantitative estimate of drug-likeness (QED) is 0.642. The summed E-state index contributed by atoms with van der Waals surface area (Å²) in [7, 11) is 0. The summed E-state index contributed by atoms with van der Waals surface area (Å²) in [6.45, 7) is 8.82. The van der Waals surface area contributed by atoms with E-state index in [-0.39, 0.29) is 17.5 Å². The van der Waals surface area contributed by atoms with Crippen molar-refractivity contribution in [3.05, 3.63) is 27.6 Å². The van der Waals surface area contributed by atoms with Gasteiger partial charge in [-0.3, -0.25) is 18.6 Å². The lowest BCUT2D eigenvalue weighted by Crippen LogP contribution is -2.31. The first kappa shape index (κ1) is 19.5. The molecule has 0 radical (unpaired) electrons. The maximum Gasteiger partial charge on any atom is 0.272 e. The van der Waals surface area contributed by atoms with Gasteiger partial charge in [-0.05, 0) is 37.1 Å². The Morgan fingerprint density at radius 1 is 1.30 bits per heavy atom. The first-order valence-electron chi connectivity index (χ1n) is 9.55. The second-order valence-electron chi connectivity index (χ2n) is 7.43. The Hall–Kier alpha value is -2.22. The zero-order chi connectivity index (χ0) is 19.6. The highest BCUT2D eigenvalue weighted by molar-refractivity contribution is 7.17. The number of rotatable bonds is 8. The molecule has 3 aromatic heterocycles. The molecule has 0 aliphatic carbocycles. The number of thiophene rings is 1. The molecule has 0 fully saturated rings. The van der Waals surface area contributed by atoms with E-state index in [0.717, 1.165) is 22.5 Å². The highest BCUT2D eigenvalue weighted by Crippen LogP contribution is 2.21. The van der Waals surface area contributed by atoms with Gasteiger partial charge in [-0.25, -0.2) is 0 Å². The largest absolute Gasteiger partial charge is 0.354 e. The number of aromatic nitrogens is 4. The Morgan fingerprint density at radius 2 is 2.07 bits per heavy atom. The van der Waals surface area contributed by atoms with Crippen LogP contribution >= 0.6 is 11.3 Å². The number of carbonyl (C=O) groups excluding carboxylic acids is 1. The molecule has 0 aromatic carbocycles. The molecule has 0 aliphatic heterocycles. The van der Waals surface area contributed by atoms with Crippen LogP contribution in [-0.2, 0) is 17.8 Å². The third kappa shape index (κ3) is 4.05. The lowest BCUT2D eigenvalue weighted by atomic mass is 10.2. The summed E-state index contributed by atoms with van der Waals surface area (Å²) in [5, 5.41) is 13.5. The molecule has 3 rings (SSSR count). The second-order valence-corrected chi connectivity index (χ2v) is 8.34. The third-order valence-corrected chi connectivity index (χ3v) is 5.54. The van der Waals surface area contributed by atoms with Crippen molar-refractivity contribution in [3.63, 3.8) is 0 Å². The van der Waals surface area contributed by atoms with E-state index in [1.165, 1.54) is 11.3 Å². The number of aryl methyl sites for hydroxylation is 1. The minimum Gasteiger partial charge on any atom is -0.354 e. The zero-order valence-corrected chi connectivity index (χ0v) is 17.2. The van der Waals surface area contributed by atoms with Gasteiger partial charge in [0.15, 0.2) is 0 Å². The number of carbonyl (C=O) groups is 1. The van der Waals surface area contributed by atoms with E-state index >= 15 is 0 Å². The molecule has 0 spiro atoms. The van der Waals surface area contributed by atoms with Gasteiger partial charge in [-0.15, -0.1) is 21.5 Å². The molecular formula is C19H27N5O2S. The molecule has 27 heavy (non-hydrogen) atoms. The third-order valence-electron chi connectivity index (χ3n) is 4.65. The topological polar surface area (TPSA) is 81.3 Å². The standard InChI is InChI=1S/C19H27N5O2S/c1-5-13(4)20-16(25)8-6-7-15-21-22-19-23(11-12(2)3)18(26)17-14(24(15)19)9-10-27-17/h9-10,12-13H,5-8,11H2,1-4H3,(H,20,25)/t13-/m0/s1. The maximum atomic E-state index is 12.8. The summed E-state index contributed by atoms with van der Waals surface area (Å²) in [4.78, 5) is 24.8. The molecule has 1 N–H and O–H groups in total. The fourth-order valence-corrected chi connectivity index (χ4v) is 3.95. The van der Waals surface area contributed by atoms with Crippen molar-refractivity contribution in [1.29, 1.82) is 0 Å². The van der Waals surface area contributed by atoms with E-state index in [0.29, 0.717) is 37.5 Å². The van der Waals surface area contributed by atoms with Crippen molar-refractivity contribution >= 4 is 33.2 Å². The molecule has 0 unspecified atom stereocenters. The normalized spacial score (nSPS) is 12.9. The van der Waals surface area contributed by atoms with Crippen molar-refractivity contribution in [2.45, 2.75) is 66.0 Å².